The molecule has 1 amide bonds. The molecule has 29 heavy (non-hydrogen) atoms. The van der Waals surface area contributed by atoms with E-state index >= 15 is 0 Å². The molecule has 7 heteroatoms. The molecule has 2 aliphatic rings. The van der Waals surface area contributed by atoms with Gasteiger partial charge in [0.05, 0.1) is 0 Å². The van der Waals surface area contributed by atoms with Crippen LogP contribution in [-0.2, 0) is 9.53 Å². The Hall–Kier alpha value is -2.96. The topological polar surface area (TPSA) is 66.8 Å². The van der Waals surface area contributed by atoms with E-state index in [1.807, 2.05) is 48.5 Å². The highest BCUT2D eigenvalue weighted by atomic mass is 19.3. The molecule has 1 saturated heterocycles. The van der Waals surface area contributed by atoms with Crippen molar-refractivity contribution in [1.29, 1.82) is 0 Å². The van der Waals surface area contributed by atoms with E-state index < -0.39 is 23.9 Å². The summed E-state index contributed by atoms with van der Waals surface area (Å²) in [4.78, 5) is 25.1. The quantitative estimate of drug-likeness (QED) is 0.826. The number of piperidine rings is 1. The maximum atomic E-state index is 13.3. The van der Waals surface area contributed by atoms with Crippen LogP contribution in [0.1, 0.15) is 29.9 Å². The number of hydrogen-bond acceptors (Lipinski definition) is 3. The van der Waals surface area contributed by atoms with Crippen LogP contribution in [0.25, 0.3) is 11.1 Å². The number of aliphatic carboxylic acids is 1. The Bertz CT molecular complexity index is 892. The Morgan fingerprint density at radius 3 is 2.03 bits per heavy atom. The number of carboxylic acid groups (broad SMARTS) is 1. The van der Waals surface area contributed by atoms with Crippen molar-refractivity contribution in [3.63, 3.8) is 0 Å². The SMILES string of the molecule is O=C(OCC1c2ccccc2-c2ccccc21)N1CCC(C(=O)O)(C(F)F)CC1. The van der Waals surface area contributed by atoms with E-state index in [1.54, 1.807) is 0 Å². The Morgan fingerprint density at radius 1 is 1.03 bits per heavy atom. The molecule has 1 heterocycles. The van der Waals surface area contributed by atoms with E-state index in [1.165, 1.54) is 4.90 Å². The van der Waals surface area contributed by atoms with E-state index in [2.05, 4.69) is 0 Å². The van der Waals surface area contributed by atoms with Crippen LogP contribution in [0.4, 0.5) is 13.6 Å². The summed E-state index contributed by atoms with van der Waals surface area (Å²) < 4.78 is 32.1. The zero-order chi connectivity index (χ0) is 20.6. The summed E-state index contributed by atoms with van der Waals surface area (Å²) in [6.45, 7) is 0.0168. The second kappa shape index (κ2) is 7.46. The number of halogens is 2. The standard InChI is InChI=1S/C22H21F2NO4/c23-19(24)22(20(26)27)9-11-25(12-10-22)21(28)29-13-18-16-7-3-1-5-14(16)15-6-2-4-8-17(15)18/h1-8,18-19H,9-13H2,(H,26,27). The number of carboxylic acids is 1. The molecule has 0 unspecified atom stereocenters. The van der Waals surface area contributed by atoms with Gasteiger partial charge in [-0.05, 0) is 35.1 Å². The van der Waals surface area contributed by atoms with Crippen molar-refractivity contribution >= 4 is 12.1 Å². The van der Waals surface area contributed by atoms with Crippen LogP contribution in [0, 0.1) is 5.41 Å². The summed E-state index contributed by atoms with van der Waals surface area (Å²) in [5.74, 6) is -1.60. The number of amides is 1. The first kappa shape index (κ1) is 19.4. The average Bonchev–Trinajstić information content (AvgIpc) is 3.05. The lowest BCUT2D eigenvalue weighted by Gasteiger charge is -2.37. The van der Waals surface area contributed by atoms with Gasteiger partial charge in [-0.3, -0.25) is 4.79 Å². The second-order valence-corrected chi connectivity index (χ2v) is 7.55. The Labute approximate surface area is 166 Å². The highest BCUT2D eigenvalue weighted by Gasteiger charge is 2.50. The average molecular weight is 401 g/mol. The highest BCUT2D eigenvalue weighted by molar-refractivity contribution is 5.79. The van der Waals surface area contributed by atoms with Crippen molar-refractivity contribution in [3.05, 3.63) is 59.7 Å². The zero-order valence-corrected chi connectivity index (χ0v) is 15.7. The molecule has 2 aromatic carbocycles. The van der Waals surface area contributed by atoms with Gasteiger partial charge in [0.2, 0.25) is 0 Å². The van der Waals surface area contributed by atoms with Crippen molar-refractivity contribution in [1.82, 2.24) is 4.90 Å². The van der Waals surface area contributed by atoms with Gasteiger partial charge in [-0.15, -0.1) is 0 Å². The highest BCUT2D eigenvalue weighted by Crippen LogP contribution is 2.44. The van der Waals surface area contributed by atoms with Crippen molar-refractivity contribution in [2.45, 2.75) is 25.2 Å². The maximum absolute atomic E-state index is 13.3. The summed E-state index contributed by atoms with van der Waals surface area (Å²) in [7, 11) is 0. The molecule has 4 rings (SSSR count). The fourth-order valence-corrected chi connectivity index (χ4v) is 4.30. The van der Waals surface area contributed by atoms with Crippen LogP contribution < -0.4 is 0 Å². The Kier molecular flexibility index (Phi) is 4.98. The second-order valence-electron chi connectivity index (χ2n) is 7.55. The number of nitrogens with zero attached hydrogens (tertiary/aromatic N) is 1. The number of likely N-dealkylation sites (tertiary alicyclic amines) is 1. The zero-order valence-electron chi connectivity index (χ0n) is 15.7. The van der Waals surface area contributed by atoms with E-state index in [-0.39, 0.29) is 38.5 Å². The van der Waals surface area contributed by atoms with Gasteiger partial charge in [0, 0.05) is 19.0 Å². The summed E-state index contributed by atoms with van der Waals surface area (Å²) in [6.07, 6.45) is -4.14. The predicted molar refractivity (Wildman–Crippen MR) is 102 cm³/mol. The molecule has 0 saturated carbocycles. The minimum atomic E-state index is -2.97. The molecule has 1 fully saturated rings. The molecular formula is C22H21F2NO4. The lowest BCUT2D eigenvalue weighted by Crippen LogP contribution is -2.50. The fraction of sp³-hybridized carbons (Fsp3) is 0.364. The number of rotatable bonds is 4. The molecule has 0 spiro atoms. The van der Waals surface area contributed by atoms with Crippen LogP contribution in [0.5, 0.6) is 0 Å². The number of ether oxygens (including phenoxy) is 1. The predicted octanol–water partition coefficient (Wildman–Crippen LogP) is 4.37. The van der Waals surface area contributed by atoms with Crippen molar-refractivity contribution in [3.8, 4) is 11.1 Å². The summed E-state index contributed by atoms with van der Waals surface area (Å²) in [6, 6.07) is 15.9. The first-order valence-electron chi connectivity index (χ1n) is 9.55. The van der Waals surface area contributed by atoms with Gasteiger partial charge in [-0.1, -0.05) is 48.5 Å². The molecule has 5 nitrogen and oxygen atoms in total. The van der Waals surface area contributed by atoms with Gasteiger partial charge in [0.25, 0.3) is 6.43 Å². The lowest BCUT2D eigenvalue weighted by molar-refractivity contribution is -0.164. The number of carbonyl (C=O) groups excluding carboxylic acids is 1. The van der Waals surface area contributed by atoms with Crippen LogP contribution in [0.15, 0.2) is 48.5 Å². The van der Waals surface area contributed by atoms with Gasteiger partial charge in [0.15, 0.2) is 0 Å². The Balaban J connectivity index is 1.43. The van der Waals surface area contributed by atoms with Gasteiger partial charge >= 0.3 is 12.1 Å². The summed E-state index contributed by atoms with van der Waals surface area (Å²) >= 11 is 0. The third-order valence-electron chi connectivity index (χ3n) is 6.09. The van der Waals surface area contributed by atoms with Crippen LogP contribution >= 0.6 is 0 Å². The van der Waals surface area contributed by atoms with Gasteiger partial charge in [-0.2, -0.15) is 0 Å². The third-order valence-corrected chi connectivity index (χ3v) is 6.09. The normalized spacial score (nSPS) is 17.7. The van der Waals surface area contributed by atoms with Gasteiger partial charge in [0.1, 0.15) is 12.0 Å². The number of benzene rings is 2. The molecule has 2 aromatic rings. The smallest absolute Gasteiger partial charge is 0.409 e. The van der Waals surface area contributed by atoms with E-state index in [0.29, 0.717) is 0 Å². The Morgan fingerprint density at radius 2 is 1.55 bits per heavy atom. The minimum absolute atomic E-state index is 0.0622. The first-order chi connectivity index (χ1) is 13.9. The molecule has 152 valence electrons. The fourth-order valence-electron chi connectivity index (χ4n) is 4.30. The molecular weight excluding hydrogens is 380 g/mol. The molecule has 0 aromatic heterocycles. The number of fused-ring (bicyclic) bond motifs is 3. The molecule has 1 aliphatic heterocycles. The van der Waals surface area contributed by atoms with Crippen LogP contribution in [0.2, 0.25) is 0 Å². The monoisotopic (exact) mass is 401 g/mol. The van der Waals surface area contributed by atoms with E-state index in [0.717, 1.165) is 22.3 Å². The molecule has 0 radical (unpaired) electrons. The number of carbonyl (C=O) groups is 2. The lowest BCUT2D eigenvalue weighted by atomic mass is 9.79. The number of hydrogen-bond donors (Lipinski definition) is 1. The maximum Gasteiger partial charge on any atom is 0.409 e. The van der Waals surface area contributed by atoms with Crippen LogP contribution in [0.3, 0.4) is 0 Å². The molecule has 1 N–H and O–H groups in total. The van der Waals surface area contributed by atoms with Crippen molar-refractivity contribution < 1.29 is 28.2 Å². The summed E-state index contributed by atoms with van der Waals surface area (Å²) in [5.41, 5.74) is 2.32. The van der Waals surface area contributed by atoms with Crippen molar-refractivity contribution in [2.24, 2.45) is 5.41 Å². The first-order valence-corrected chi connectivity index (χ1v) is 9.55. The number of alkyl halides is 2. The third kappa shape index (κ3) is 3.24. The van der Waals surface area contributed by atoms with Gasteiger partial charge < -0.3 is 14.7 Å². The molecule has 1 aliphatic carbocycles. The van der Waals surface area contributed by atoms with E-state index in [9.17, 15) is 23.5 Å². The summed E-state index contributed by atoms with van der Waals surface area (Å²) in [5, 5.41) is 9.20. The van der Waals surface area contributed by atoms with Gasteiger partial charge in [-0.25, -0.2) is 13.6 Å². The minimum Gasteiger partial charge on any atom is -0.481 e. The largest absolute Gasteiger partial charge is 0.481 e. The molecule has 0 bridgehead atoms. The molecule has 0 atom stereocenters. The van der Waals surface area contributed by atoms with E-state index in [4.69, 9.17) is 4.74 Å². The van der Waals surface area contributed by atoms with Crippen molar-refractivity contribution in [2.75, 3.05) is 19.7 Å². The van der Waals surface area contributed by atoms with Crippen LogP contribution in [-0.4, -0.2) is 48.2 Å².